The number of rotatable bonds is 5. The van der Waals surface area contributed by atoms with E-state index < -0.39 is 11.7 Å². The van der Waals surface area contributed by atoms with Crippen LogP contribution in [0.25, 0.3) is 88.9 Å². The lowest BCUT2D eigenvalue weighted by atomic mass is 9.95. The van der Waals surface area contributed by atoms with Crippen molar-refractivity contribution in [2.24, 2.45) is 0 Å². The molecule has 0 saturated carbocycles. The van der Waals surface area contributed by atoms with Gasteiger partial charge < -0.3 is 9.13 Å². The second-order valence-corrected chi connectivity index (χ2v) is 14.7. The van der Waals surface area contributed by atoms with Crippen LogP contribution in [0, 0.1) is 39.0 Å². The first-order chi connectivity index (χ1) is 29.0. The van der Waals surface area contributed by atoms with Crippen LogP contribution in [0.5, 0.6) is 0 Å². The van der Waals surface area contributed by atoms with Crippen LogP contribution in [-0.4, -0.2) is 39.0 Å². The minimum absolute atomic E-state index is 0.0595. The summed E-state index contributed by atoms with van der Waals surface area (Å²) < 4.78 is 50.4. The predicted molar refractivity (Wildman–Crippen MR) is 227 cm³/mol. The Morgan fingerprint density at radius 1 is 0.483 bits per heavy atom. The molecule has 9 nitrogen and oxygen atoms in total. The first-order valence-electron chi connectivity index (χ1n) is 19.2. The van der Waals surface area contributed by atoms with Gasteiger partial charge in [-0.25, -0.2) is 29.9 Å². The summed E-state index contributed by atoms with van der Waals surface area (Å²) in [6, 6.07) is 38.5. The molecule has 0 aliphatic heterocycles. The van der Waals surface area contributed by atoms with E-state index in [2.05, 4.69) is 40.5 Å². The molecule has 290 valence electrons. The summed E-state index contributed by atoms with van der Waals surface area (Å²) >= 11 is 0. The Kier molecular flexibility index (Phi) is 8.33. The smallest absolute Gasteiger partial charge is 0.309 e. The number of hydrogen-bond donors (Lipinski definition) is 0. The molecule has 0 aliphatic carbocycles. The van der Waals surface area contributed by atoms with Crippen molar-refractivity contribution in [3.8, 4) is 51.3 Å². The molecule has 0 atom stereocenters. The van der Waals surface area contributed by atoms with Gasteiger partial charge in [0.05, 0.1) is 50.6 Å². The number of halogens is 3. The normalized spacial score (nSPS) is 11.9. The van der Waals surface area contributed by atoms with Crippen molar-refractivity contribution >= 4 is 43.6 Å². The number of nitriles is 1. The summed E-state index contributed by atoms with van der Waals surface area (Å²) in [5.74, 6) is 3.37. The lowest BCUT2D eigenvalue weighted by Gasteiger charge is -2.22. The zero-order valence-electron chi connectivity index (χ0n) is 32.7. The van der Waals surface area contributed by atoms with Crippen LogP contribution in [0.4, 0.5) is 13.2 Å². The molecular formula is C48H32F3N9. The largest absolute Gasteiger partial charge is 0.418 e. The third-order valence-electron chi connectivity index (χ3n) is 10.8. The Bertz CT molecular complexity index is 3410. The summed E-state index contributed by atoms with van der Waals surface area (Å²) in [5.41, 5.74) is 5.07. The van der Waals surface area contributed by atoms with Crippen LogP contribution in [0.3, 0.4) is 0 Å². The van der Waals surface area contributed by atoms with Gasteiger partial charge in [-0.05, 0) is 100 Å². The third kappa shape index (κ3) is 5.93. The molecule has 0 saturated heterocycles. The van der Waals surface area contributed by atoms with E-state index in [1.165, 1.54) is 6.07 Å². The molecule has 0 amide bonds. The van der Waals surface area contributed by atoms with Gasteiger partial charge in [0.1, 0.15) is 23.3 Å². The number of nitrogens with zero attached hydrogens (tertiary/aromatic N) is 9. The highest BCUT2D eigenvalue weighted by molar-refractivity contribution is 6.12. The average molecular weight is 792 g/mol. The van der Waals surface area contributed by atoms with Gasteiger partial charge in [-0.3, -0.25) is 0 Å². The number of aromatic nitrogens is 8. The van der Waals surface area contributed by atoms with E-state index >= 15 is 13.2 Å². The highest BCUT2D eigenvalue weighted by Crippen LogP contribution is 2.46. The standard InChI is InChI=1S/C48H32F3N9/c1-26-53-27(2)56-46(55-26)31-17-20-43-37(23-31)33-10-5-7-14-40(33)59(43)42-19-16-30(25-52)22-36(42)35-12-9-13-39(48(49,50)51)45(35)60-41-15-8-6-11-34(41)38-24-32(18-21-44(38)60)47-57-28(3)54-29(4)58-47/h5-24H,1-4H3. The summed E-state index contributed by atoms with van der Waals surface area (Å²) in [5, 5.41) is 13.6. The van der Waals surface area contributed by atoms with Gasteiger partial charge in [-0.15, -0.1) is 0 Å². The number of fused-ring (bicyclic) bond motifs is 6. The maximum absolute atomic E-state index is 15.6. The fraction of sp³-hybridized carbons (Fsp3) is 0.104. The minimum Gasteiger partial charge on any atom is -0.309 e. The second-order valence-electron chi connectivity index (χ2n) is 14.7. The van der Waals surface area contributed by atoms with Crippen molar-refractivity contribution in [1.82, 2.24) is 39.0 Å². The Balaban J connectivity index is 1.27. The van der Waals surface area contributed by atoms with Crippen molar-refractivity contribution in [2.75, 3.05) is 0 Å². The highest BCUT2D eigenvalue weighted by Gasteiger charge is 2.36. The van der Waals surface area contributed by atoms with Gasteiger partial charge in [0.2, 0.25) is 0 Å². The Morgan fingerprint density at radius 3 is 1.52 bits per heavy atom. The first-order valence-corrected chi connectivity index (χ1v) is 19.2. The Hall–Kier alpha value is -7.78. The van der Waals surface area contributed by atoms with E-state index in [1.54, 1.807) is 36.6 Å². The van der Waals surface area contributed by atoms with E-state index in [0.29, 0.717) is 73.9 Å². The van der Waals surface area contributed by atoms with E-state index in [9.17, 15) is 5.26 Å². The maximum atomic E-state index is 15.6. The van der Waals surface area contributed by atoms with Crippen LogP contribution in [0.2, 0.25) is 0 Å². The fourth-order valence-corrected chi connectivity index (χ4v) is 8.46. The molecule has 0 fully saturated rings. The van der Waals surface area contributed by atoms with Crippen LogP contribution in [-0.2, 0) is 6.18 Å². The lowest BCUT2D eigenvalue weighted by molar-refractivity contribution is -0.137. The number of alkyl halides is 3. The molecule has 0 aliphatic rings. The molecule has 10 aromatic rings. The van der Waals surface area contributed by atoms with E-state index in [4.69, 9.17) is 0 Å². The minimum atomic E-state index is -4.75. The van der Waals surface area contributed by atoms with Crippen molar-refractivity contribution in [3.05, 3.63) is 156 Å². The zero-order chi connectivity index (χ0) is 41.4. The molecule has 4 aromatic heterocycles. The Morgan fingerprint density at radius 2 is 0.983 bits per heavy atom. The van der Waals surface area contributed by atoms with Gasteiger partial charge in [0.15, 0.2) is 11.6 Å². The Labute approximate surface area is 341 Å². The maximum Gasteiger partial charge on any atom is 0.418 e. The van der Waals surface area contributed by atoms with Gasteiger partial charge >= 0.3 is 6.18 Å². The van der Waals surface area contributed by atoms with Crippen LogP contribution in [0.1, 0.15) is 34.4 Å². The molecule has 10 rings (SSSR count). The molecule has 12 heteroatoms. The highest BCUT2D eigenvalue weighted by atomic mass is 19.4. The number of benzene rings is 6. The van der Waals surface area contributed by atoms with Crippen molar-refractivity contribution in [1.29, 1.82) is 5.26 Å². The molecular weight excluding hydrogens is 760 g/mol. The number of para-hydroxylation sites is 3. The SMILES string of the molecule is Cc1nc(C)nc(-c2ccc3c(c2)c2ccccc2n3-c2ccc(C#N)cc2-c2cccc(C(F)(F)F)c2-n2c3ccccc3c3cc(-c4nc(C)nc(C)n4)ccc32)n1. The summed E-state index contributed by atoms with van der Waals surface area (Å²) in [6.45, 7) is 7.24. The zero-order valence-corrected chi connectivity index (χ0v) is 32.7. The van der Waals surface area contributed by atoms with E-state index in [-0.39, 0.29) is 5.69 Å². The van der Waals surface area contributed by atoms with Gasteiger partial charge in [-0.1, -0.05) is 48.5 Å². The fourth-order valence-electron chi connectivity index (χ4n) is 8.46. The number of aryl methyl sites for hydroxylation is 4. The summed E-state index contributed by atoms with van der Waals surface area (Å²) in [6.07, 6.45) is -4.75. The molecule has 0 N–H and O–H groups in total. The predicted octanol–water partition coefficient (Wildman–Crippen LogP) is 11.4. The quantitative estimate of drug-likeness (QED) is 0.171. The van der Waals surface area contributed by atoms with E-state index in [0.717, 1.165) is 44.2 Å². The molecule has 0 radical (unpaired) electrons. The molecule has 0 bridgehead atoms. The molecule has 60 heavy (non-hydrogen) atoms. The van der Waals surface area contributed by atoms with Crippen LogP contribution >= 0.6 is 0 Å². The molecule has 0 spiro atoms. The lowest BCUT2D eigenvalue weighted by Crippen LogP contribution is -2.12. The van der Waals surface area contributed by atoms with Crippen molar-refractivity contribution in [3.63, 3.8) is 0 Å². The van der Waals surface area contributed by atoms with Crippen molar-refractivity contribution < 1.29 is 13.2 Å². The van der Waals surface area contributed by atoms with Gasteiger partial charge in [0.25, 0.3) is 0 Å². The van der Waals surface area contributed by atoms with Gasteiger partial charge in [-0.2, -0.15) is 18.4 Å². The molecule has 6 aromatic carbocycles. The number of hydrogen-bond acceptors (Lipinski definition) is 7. The van der Waals surface area contributed by atoms with Crippen molar-refractivity contribution in [2.45, 2.75) is 33.9 Å². The topological polar surface area (TPSA) is 111 Å². The van der Waals surface area contributed by atoms with E-state index in [1.807, 2.05) is 105 Å². The summed E-state index contributed by atoms with van der Waals surface area (Å²) in [7, 11) is 0. The second kappa shape index (κ2) is 13.7. The third-order valence-corrected chi connectivity index (χ3v) is 10.8. The average Bonchev–Trinajstić information content (AvgIpc) is 3.74. The van der Waals surface area contributed by atoms with Crippen LogP contribution < -0.4 is 0 Å². The van der Waals surface area contributed by atoms with Crippen LogP contribution in [0.15, 0.2) is 121 Å². The summed E-state index contributed by atoms with van der Waals surface area (Å²) in [4.78, 5) is 27.0. The molecule has 4 heterocycles. The molecule has 0 unspecified atom stereocenters. The van der Waals surface area contributed by atoms with Gasteiger partial charge in [0, 0.05) is 43.8 Å². The first kappa shape index (κ1) is 36.6. The monoisotopic (exact) mass is 791 g/mol.